The molecule has 0 saturated carbocycles. The first-order valence-corrected chi connectivity index (χ1v) is 5.74. The van der Waals surface area contributed by atoms with Crippen LogP contribution in [0.2, 0.25) is 0 Å². The molecule has 1 atom stereocenters. The molecule has 1 aromatic rings. The van der Waals surface area contributed by atoms with Crippen LogP contribution in [0.25, 0.3) is 0 Å². The van der Waals surface area contributed by atoms with E-state index in [0.717, 1.165) is 5.56 Å². The summed E-state index contributed by atoms with van der Waals surface area (Å²) in [5.74, 6) is 0.629. The Labute approximate surface area is 105 Å². The zero-order valence-electron chi connectivity index (χ0n) is 10.7. The van der Waals surface area contributed by atoms with Gasteiger partial charge in [-0.1, -0.05) is 26.0 Å². The SMILES string of the molecule is COc1ccc(C(C)C)cc1[C@H](N)CC(F)(F)F. The van der Waals surface area contributed by atoms with Crippen LogP contribution >= 0.6 is 0 Å². The second-order valence-electron chi connectivity index (χ2n) is 4.58. The summed E-state index contributed by atoms with van der Waals surface area (Å²) in [6.07, 6.45) is -5.33. The number of hydrogen-bond donors (Lipinski definition) is 1. The molecule has 102 valence electrons. The average Bonchev–Trinajstić information content (AvgIpc) is 2.25. The molecule has 0 unspecified atom stereocenters. The molecule has 5 heteroatoms. The maximum atomic E-state index is 12.4. The summed E-state index contributed by atoms with van der Waals surface area (Å²) in [6, 6.07) is 4.10. The van der Waals surface area contributed by atoms with Crippen molar-refractivity contribution in [2.24, 2.45) is 5.73 Å². The van der Waals surface area contributed by atoms with Crippen LogP contribution in [0.4, 0.5) is 13.2 Å². The molecule has 0 amide bonds. The predicted octanol–water partition coefficient (Wildman–Crippen LogP) is 3.77. The summed E-state index contributed by atoms with van der Waals surface area (Å²) in [4.78, 5) is 0. The average molecular weight is 261 g/mol. The molecular weight excluding hydrogens is 243 g/mol. The van der Waals surface area contributed by atoms with Crippen molar-refractivity contribution in [2.45, 2.75) is 38.4 Å². The minimum Gasteiger partial charge on any atom is -0.496 e. The van der Waals surface area contributed by atoms with E-state index in [4.69, 9.17) is 10.5 Å². The second kappa shape index (κ2) is 5.61. The molecule has 2 nitrogen and oxygen atoms in total. The van der Waals surface area contributed by atoms with Crippen LogP contribution in [0.3, 0.4) is 0 Å². The Morgan fingerprint density at radius 3 is 2.33 bits per heavy atom. The summed E-state index contributed by atoms with van der Waals surface area (Å²) < 4.78 is 42.2. The van der Waals surface area contributed by atoms with Crippen LogP contribution in [-0.2, 0) is 0 Å². The largest absolute Gasteiger partial charge is 0.496 e. The van der Waals surface area contributed by atoms with Crippen LogP contribution in [-0.4, -0.2) is 13.3 Å². The molecule has 0 aromatic heterocycles. The molecule has 1 aromatic carbocycles. The second-order valence-corrected chi connectivity index (χ2v) is 4.58. The van der Waals surface area contributed by atoms with E-state index in [9.17, 15) is 13.2 Å². The highest BCUT2D eigenvalue weighted by atomic mass is 19.4. The van der Waals surface area contributed by atoms with E-state index in [2.05, 4.69) is 0 Å². The molecule has 0 radical (unpaired) electrons. The first-order chi connectivity index (χ1) is 8.24. The molecule has 0 aliphatic carbocycles. The van der Waals surface area contributed by atoms with Gasteiger partial charge in [0.2, 0.25) is 0 Å². The number of benzene rings is 1. The topological polar surface area (TPSA) is 35.2 Å². The number of rotatable bonds is 4. The van der Waals surface area contributed by atoms with Crippen molar-refractivity contribution in [1.29, 1.82) is 0 Å². The van der Waals surface area contributed by atoms with Crippen molar-refractivity contribution >= 4 is 0 Å². The third-order valence-corrected chi connectivity index (χ3v) is 2.77. The molecular formula is C13H18F3NO. The molecule has 18 heavy (non-hydrogen) atoms. The molecule has 0 saturated heterocycles. The van der Waals surface area contributed by atoms with Gasteiger partial charge in [0, 0.05) is 11.6 Å². The van der Waals surface area contributed by atoms with Gasteiger partial charge in [-0.3, -0.25) is 0 Å². The van der Waals surface area contributed by atoms with Gasteiger partial charge in [0.25, 0.3) is 0 Å². The van der Waals surface area contributed by atoms with E-state index in [1.54, 1.807) is 12.1 Å². The Morgan fingerprint density at radius 1 is 1.28 bits per heavy atom. The fourth-order valence-corrected chi connectivity index (χ4v) is 1.76. The quantitative estimate of drug-likeness (QED) is 0.895. The van der Waals surface area contributed by atoms with Gasteiger partial charge in [0.05, 0.1) is 13.5 Å². The van der Waals surface area contributed by atoms with E-state index in [1.807, 2.05) is 19.9 Å². The molecule has 0 aliphatic heterocycles. The molecule has 0 bridgehead atoms. The summed E-state index contributed by atoms with van der Waals surface area (Å²) >= 11 is 0. The van der Waals surface area contributed by atoms with Gasteiger partial charge in [0.1, 0.15) is 5.75 Å². The van der Waals surface area contributed by atoms with E-state index in [0.29, 0.717) is 11.3 Å². The Hall–Kier alpha value is -1.23. The Kier molecular flexibility index (Phi) is 4.62. The molecule has 0 fully saturated rings. The molecule has 0 spiro atoms. The van der Waals surface area contributed by atoms with Crippen molar-refractivity contribution in [1.82, 2.24) is 0 Å². The maximum Gasteiger partial charge on any atom is 0.390 e. The fraction of sp³-hybridized carbons (Fsp3) is 0.538. The lowest BCUT2D eigenvalue weighted by Crippen LogP contribution is -2.21. The lowest BCUT2D eigenvalue weighted by molar-refractivity contribution is -0.138. The highest BCUT2D eigenvalue weighted by molar-refractivity contribution is 5.40. The number of methoxy groups -OCH3 is 1. The minimum atomic E-state index is -4.28. The Morgan fingerprint density at radius 2 is 1.89 bits per heavy atom. The lowest BCUT2D eigenvalue weighted by atomic mass is 9.96. The van der Waals surface area contributed by atoms with Gasteiger partial charge in [-0.2, -0.15) is 13.2 Å². The monoisotopic (exact) mass is 261 g/mol. The molecule has 0 aliphatic rings. The standard InChI is InChI=1S/C13H18F3NO/c1-8(2)9-4-5-12(18-3)10(6-9)11(17)7-13(14,15)16/h4-6,8,11H,7,17H2,1-3H3/t11-/m1/s1. The summed E-state index contributed by atoms with van der Waals surface area (Å²) in [6.45, 7) is 3.95. The van der Waals surface area contributed by atoms with Crippen LogP contribution in [0.15, 0.2) is 18.2 Å². The van der Waals surface area contributed by atoms with E-state index >= 15 is 0 Å². The van der Waals surface area contributed by atoms with Crippen molar-refractivity contribution < 1.29 is 17.9 Å². The van der Waals surface area contributed by atoms with Gasteiger partial charge in [-0.05, 0) is 17.5 Å². The van der Waals surface area contributed by atoms with Crippen molar-refractivity contribution in [3.05, 3.63) is 29.3 Å². The van der Waals surface area contributed by atoms with E-state index < -0.39 is 18.6 Å². The summed E-state index contributed by atoms with van der Waals surface area (Å²) in [5.41, 5.74) is 6.98. The van der Waals surface area contributed by atoms with Crippen LogP contribution < -0.4 is 10.5 Å². The lowest BCUT2D eigenvalue weighted by Gasteiger charge is -2.19. The van der Waals surface area contributed by atoms with Gasteiger partial charge in [-0.25, -0.2) is 0 Å². The predicted molar refractivity (Wildman–Crippen MR) is 64.7 cm³/mol. The highest BCUT2D eigenvalue weighted by Gasteiger charge is 2.32. The van der Waals surface area contributed by atoms with E-state index in [-0.39, 0.29) is 5.92 Å². The molecule has 0 heterocycles. The van der Waals surface area contributed by atoms with E-state index in [1.165, 1.54) is 7.11 Å². The van der Waals surface area contributed by atoms with Crippen molar-refractivity contribution in [3.63, 3.8) is 0 Å². The van der Waals surface area contributed by atoms with Crippen molar-refractivity contribution in [2.75, 3.05) is 7.11 Å². The number of nitrogens with two attached hydrogens (primary N) is 1. The maximum absolute atomic E-state index is 12.4. The third kappa shape index (κ3) is 3.91. The minimum absolute atomic E-state index is 0.229. The number of ether oxygens (including phenoxy) is 1. The summed E-state index contributed by atoms with van der Waals surface area (Å²) in [7, 11) is 1.42. The number of halogens is 3. The first-order valence-electron chi connectivity index (χ1n) is 5.74. The van der Waals surface area contributed by atoms with Crippen molar-refractivity contribution in [3.8, 4) is 5.75 Å². The number of alkyl halides is 3. The van der Waals surface area contributed by atoms with Gasteiger partial charge in [-0.15, -0.1) is 0 Å². The smallest absolute Gasteiger partial charge is 0.390 e. The molecule has 2 N–H and O–H groups in total. The van der Waals surface area contributed by atoms with Gasteiger partial charge >= 0.3 is 6.18 Å². The third-order valence-electron chi connectivity index (χ3n) is 2.77. The number of hydrogen-bond acceptors (Lipinski definition) is 2. The van der Waals surface area contributed by atoms with Crippen LogP contribution in [0.1, 0.15) is 43.4 Å². The Balaban J connectivity index is 3.07. The normalized spacial score (nSPS) is 13.8. The highest BCUT2D eigenvalue weighted by Crippen LogP contribution is 2.34. The van der Waals surface area contributed by atoms with Gasteiger partial charge in [0.15, 0.2) is 0 Å². The summed E-state index contributed by atoms with van der Waals surface area (Å²) in [5, 5.41) is 0. The molecule has 1 rings (SSSR count). The first kappa shape index (κ1) is 14.8. The van der Waals surface area contributed by atoms with Crippen LogP contribution in [0, 0.1) is 0 Å². The van der Waals surface area contributed by atoms with Crippen LogP contribution in [0.5, 0.6) is 5.75 Å². The Bertz CT molecular complexity index is 402. The fourth-order valence-electron chi connectivity index (χ4n) is 1.76. The van der Waals surface area contributed by atoms with Gasteiger partial charge < -0.3 is 10.5 Å². The zero-order valence-corrected chi connectivity index (χ0v) is 10.7. The zero-order chi connectivity index (χ0) is 13.9.